The van der Waals surface area contributed by atoms with Crippen LogP contribution >= 0.6 is 0 Å². The number of benzene rings is 1. The number of aromatic amines is 1. The average molecular weight is 317 g/mol. The Morgan fingerprint density at radius 2 is 2.13 bits per heavy atom. The smallest absolute Gasteiger partial charge is 0.317 e. The number of pyridine rings is 1. The van der Waals surface area contributed by atoms with E-state index >= 15 is 0 Å². The normalized spacial score (nSPS) is 14.7. The van der Waals surface area contributed by atoms with Crippen molar-refractivity contribution in [3.8, 4) is 5.75 Å². The van der Waals surface area contributed by atoms with E-state index in [1.165, 1.54) is 0 Å². The predicted octanol–water partition coefficient (Wildman–Crippen LogP) is 1.08. The van der Waals surface area contributed by atoms with Gasteiger partial charge in [0.1, 0.15) is 5.75 Å². The number of amides is 2. The Bertz CT molecular complexity index is 765. The Hall–Kier alpha value is -2.54. The molecule has 2 N–H and O–H groups in total. The fraction of sp³-hybridized carbons (Fsp3) is 0.375. The Balaban J connectivity index is 1.75. The zero-order valence-electron chi connectivity index (χ0n) is 12.9. The molecule has 2 aromatic rings. The number of nitrogens with zero attached hydrogens (tertiary/aromatic N) is 1. The minimum absolute atomic E-state index is 0.179. The molecule has 23 heavy (non-hydrogen) atoms. The molecule has 2 heterocycles. The molecule has 0 unspecified atom stereocenters. The molecule has 122 valence electrons. The Kier molecular flexibility index (Phi) is 4.47. The highest BCUT2D eigenvalue weighted by atomic mass is 16.5. The topological polar surface area (TPSA) is 83.7 Å². The van der Waals surface area contributed by atoms with Gasteiger partial charge in [-0.25, -0.2) is 4.79 Å². The first-order valence-corrected chi connectivity index (χ1v) is 7.48. The summed E-state index contributed by atoms with van der Waals surface area (Å²) in [4.78, 5) is 28.7. The molecule has 1 saturated heterocycles. The van der Waals surface area contributed by atoms with Crippen LogP contribution in [0, 0.1) is 0 Å². The summed E-state index contributed by atoms with van der Waals surface area (Å²) in [5, 5.41) is 3.64. The predicted molar refractivity (Wildman–Crippen MR) is 85.7 cm³/mol. The van der Waals surface area contributed by atoms with Gasteiger partial charge in [-0.05, 0) is 24.3 Å². The van der Waals surface area contributed by atoms with Crippen LogP contribution < -0.4 is 15.6 Å². The van der Waals surface area contributed by atoms with Crippen LogP contribution in [0.15, 0.2) is 29.1 Å². The number of rotatable bonds is 3. The van der Waals surface area contributed by atoms with Crippen LogP contribution in [0.5, 0.6) is 5.75 Å². The number of ether oxygens (including phenoxy) is 2. The third-order valence-electron chi connectivity index (χ3n) is 3.86. The highest BCUT2D eigenvalue weighted by molar-refractivity contribution is 5.80. The first-order chi connectivity index (χ1) is 11.2. The number of carbonyl (C=O) groups excluding carboxylic acids is 1. The number of hydrogen-bond acceptors (Lipinski definition) is 4. The lowest BCUT2D eigenvalue weighted by atomic mass is 10.1. The monoisotopic (exact) mass is 317 g/mol. The van der Waals surface area contributed by atoms with Crippen molar-refractivity contribution in [2.75, 3.05) is 33.4 Å². The Morgan fingerprint density at radius 1 is 1.35 bits per heavy atom. The van der Waals surface area contributed by atoms with Gasteiger partial charge in [-0.1, -0.05) is 0 Å². The standard InChI is InChI=1S/C16H19N3O4/c1-22-13-2-3-14-11(9-13)8-12(15(20)18-14)10-17-16(21)19-4-6-23-7-5-19/h2-3,8-9H,4-7,10H2,1H3,(H,17,21)(H,18,20). The van der Waals surface area contributed by atoms with Gasteiger partial charge in [-0.15, -0.1) is 0 Å². The lowest BCUT2D eigenvalue weighted by Crippen LogP contribution is -2.46. The van der Waals surface area contributed by atoms with Gasteiger partial charge in [0.15, 0.2) is 0 Å². The largest absolute Gasteiger partial charge is 0.497 e. The van der Waals surface area contributed by atoms with E-state index in [0.717, 1.165) is 10.9 Å². The van der Waals surface area contributed by atoms with Crippen LogP contribution in [0.1, 0.15) is 5.56 Å². The quantitative estimate of drug-likeness (QED) is 0.887. The number of carbonyl (C=O) groups is 1. The SMILES string of the molecule is COc1ccc2[nH]c(=O)c(CNC(=O)N3CCOCC3)cc2c1. The number of nitrogens with one attached hydrogen (secondary N) is 2. The van der Waals surface area contributed by atoms with Crippen molar-refractivity contribution in [1.29, 1.82) is 0 Å². The minimum Gasteiger partial charge on any atom is -0.497 e. The molecule has 7 heteroatoms. The van der Waals surface area contributed by atoms with E-state index in [9.17, 15) is 9.59 Å². The van der Waals surface area contributed by atoms with Gasteiger partial charge < -0.3 is 24.7 Å². The number of fused-ring (bicyclic) bond motifs is 1. The Labute approximate surface area is 133 Å². The van der Waals surface area contributed by atoms with Gasteiger partial charge in [0.25, 0.3) is 5.56 Å². The maximum absolute atomic E-state index is 12.1. The van der Waals surface area contributed by atoms with Gasteiger partial charge in [0.05, 0.1) is 20.3 Å². The fourth-order valence-corrected chi connectivity index (χ4v) is 2.54. The second kappa shape index (κ2) is 6.70. The number of aromatic nitrogens is 1. The zero-order chi connectivity index (χ0) is 16.2. The van der Waals surface area contributed by atoms with Gasteiger partial charge >= 0.3 is 6.03 Å². The van der Waals surface area contributed by atoms with E-state index in [0.29, 0.717) is 37.6 Å². The summed E-state index contributed by atoms with van der Waals surface area (Å²) in [6.45, 7) is 2.40. The molecule has 0 atom stereocenters. The molecule has 0 spiro atoms. The van der Waals surface area contributed by atoms with Crippen LogP contribution in [0.3, 0.4) is 0 Å². The first kappa shape index (κ1) is 15.4. The summed E-state index contributed by atoms with van der Waals surface area (Å²) < 4.78 is 10.4. The molecule has 1 aromatic carbocycles. The van der Waals surface area contributed by atoms with E-state index < -0.39 is 0 Å². The van der Waals surface area contributed by atoms with Crippen LogP contribution in [-0.4, -0.2) is 49.3 Å². The van der Waals surface area contributed by atoms with E-state index in [-0.39, 0.29) is 18.1 Å². The molecule has 1 aliphatic rings. The zero-order valence-corrected chi connectivity index (χ0v) is 12.9. The van der Waals surface area contributed by atoms with E-state index in [1.807, 2.05) is 6.07 Å². The number of hydrogen-bond donors (Lipinski definition) is 2. The molecule has 2 amide bonds. The lowest BCUT2D eigenvalue weighted by molar-refractivity contribution is 0.0531. The molecule has 0 aliphatic carbocycles. The van der Waals surface area contributed by atoms with Gasteiger partial charge in [0.2, 0.25) is 0 Å². The minimum atomic E-state index is -0.204. The van der Waals surface area contributed by atoms with Gasteiger partial charge in [0, 0.05) is 36.1 Å². The summed E-state index contributed by atoms with van der Waals surface area (Å²) in [6, 6.07) is 7.03. The number of morpholine rings is 1. The molecule has 7 nitrogen and oxygen atoms in total. The third kappa shape index (κ3) is 3.45. The lowest BCUT2D eigenvalue weighted by Gasteiger charge is -2.26. The molecule has 1 fully saturated rings. The molecule has 3 rings (SSSR count). The highest BCUT2D eigenvalue weighted by Crippen LogP contribution is 2.18. The van der Waals surface area contributed by atoms with Crippen LogP contribution in [0.4, 0.5) is 4.79 Å². The number of methoxy groups -OCH3 is 1. The number of H-pyrrole nitrogens is 1. The summed E-state index contributed by atoms with van der Waals surface area (Å²) in [7, 11) is 1.59. The van der Waals surface area contributed by atoms with Crippen molar-refractivity contribution in [2.45, 2.75) is 6.54 Å². The van der Waals surface area contributed by atoms with Crippen molar-refractivity contribution in [3.63, 3.8) is 0 Å². The molecule has 1 aliphatic heterocycles. The highest BCUT2D eigenvalue weighted by Gasteiger charge is 2.16. The molecular formula is C16H19N3O4. The Morgan fingerprint density at radius 3 is 2.87 bits per heavy atom. The maximum atomic E-state index is 12.1. The maximum Gasteiger partial charge on any atom is 0.317 e. The number of urea groups is 1. The molecule has 0 saturated carbocycles. The summed E-state index contributed by atoms with van der Waals surface area (Å²) >= 11 is 0. The fourth-order valence-electron chi connectivity index (χ4n) is 2.54. The van der Waals surface area contributed by atoms with E-state index in [2.05, 4.69) is 10.3 Å². The molecule has 1 aromatic heterocycles. The first-order valence-electron chi connectivity index (χ1n) is 7.48. The van der Waals surface area contributed by atoms with E-state index in [1.54, 1.807) is 30.2 Å². The van der Waals surface area contributed by atoms with Crippen molar-refractivity contribution in [1.82, 2.24) is 15.2 Å². The van der Waals surface area contributed by atoms with Crippen LogP contribution in [0.2, 0.25) is 0 Å². The summed E-state index contributed by atoms with van der Waals surface area (Å²) in [5.74, 6) is 0.716. The van der Waals surface area contributed by atoms with Crippen molar-refractivity contribution >= 4 is 16.9 Å². The second-order valence-electron chi connectivity index (χ2n) is 5.34. The third-order valence-corrected chi connectivity index (χ3v) is 3.86. The van der Waals surface area contributed by atoms with Crippen molar-refractivity contribution in [3.05, 3.63) is 40.2 Å². The van der Waals surface area contributed by atoms with E-state index in [4.69, 9.17) is 9.47 Å². The van der Waals surface area contributed by atoms with Gasteiger partial charge in [-0.3, -0.25) is 4.79 Å². The second-order valence-corrected chi connectivity index (χ2v) is 5.34. The summed E-state index contributed by atoms with van der Waals surface area (Å²) in [5.41, 5.74) is 1.04. The van der Waals surface area contributed by atoms with Crippen LogP contribution in [0.25, 0.3) is 10.9 Å². The molecule has 0 radical (unpaired) electrons. The van der Waals surface area contributed by atoms with Crippen molar-refractivity contribution < 1.29 is 14.3 Å². The van der Waals surface area contributed by atoms with Gasteiger partial charge in [-0.2, -0.15) is 0 Å². The van der Waals surface area contributed by atoms with Crippen LogP contribution in [-0.2, 0) is 11.3 Å². The van der Waals surface area contributed by atoms with Crippen molar-refractivity contribution in [2.24, 2.45) is 0 Å². The molecule has 0 bridgehead atoms. The summed E-state index contributed by atoms with van der Waals surface area (Å²) in [6.07, 6.45) is 0. The molecular weight excluding hydrogens is 298 g/mol. The average Bonchev–Trinajstić information content (AvgIpc) is 2.60.